The molecule has 0 bridgehead atoms. The second-order valence-corrected chi connectivity index (χ2v) is 4.90. The highest BCUT2D eigenvalue weighted by Crippen LogP contribution is 2.32. The molecule has 2 N–H and O–H groups in total. The number of rotatable bonds is 4. The molecular weight excluding hydrogens is 258 g/mol. The van der Waals surface area contributed by atoms with Gasteiger partial charge in [-0.15, -0.1) is 0 Å². The van der Waals surface area contributed by atoms with E-state index in [1.807, 2.05) is 54.6 Å². The van der Waals surface area contributed by atoms with Gasteiger partial charge in [0.25, 0.3) is 0 Å². The monoisotopic (exact) mass is 275 g/mol. The van der Waals surface area contributed by atoms with Crippen molar-refractivity contribution in [1.82, 2.24) is 0 Å². The Morgan fingerprint density at radius 1 is 0.762 bits per heavy atom. The van der Waals surface area contributed by atoms with E-state index in [0.29, 0.717) is 12.3 Å². The van der Waals surface area contributed by atoms with E-state index in [9.17, 15) is 0 Å². The molecule has 0 saturated carbocycles. The summed E-state index contributed by atoms with van der Waals surface area (Å²) in [5.41, 5.74) is 9.92. The van der Waals surface area contributed by atoms with Crippen LogP contribution in [0.15, 0.2) is 78.9 Å². The predicted octanol–water partition coefficient (Wildman–Crippen LogP) is 4.51. The van der Waals surface area contributed by atoms with Crippen LogP contribution in [0.1, 0.15) is 5.56 Å². The van der Waals surface area contributed by atoms with Crippen LogP contribution >= 0.6 is 0 Å². The molecule has 2 nitrogen and oxygen atoms in total. The fourth-order valence-corrected chi connectivity index (χ4v) is 2.25. The summed E-state index contributed by atoms with van der Waals surface area (Å²) in [5.74, 6) is 0.810. The molecule has 104 valence electrons. The Balaban J connectivity index is 1.89. The Morgan fingerprint density at radius 3 is 2.14 bits per heavy atom. The minimum Gasteiger partial charge on any atom is -0.488 e. The molecule has 0 spiro atoms. The van der Waals surface area contributed by atoms with Crippen LogP contribution in [0.2, 0.25) is 0 Å². The van der Waals surface area contributed by atoms with Crippen molar-refractivity contribution in [3.63, 3.8) is 0 Å². The van der Waals surface area contributed by atoms with Crippen LogP contribution in [0.4, 0.5) is 5.69 Å². The number of ether oxygens (including phenoxy) is 1. The van der Waals surface area contributed by atoms with E-state index < -0.39 is 0 Å². The molecule has 0 radical (unpaired) electrons. The molecule has 0 aromatic heterocycles. The Hall–Kier alpha value is -2.74. The van der Waals surface area contributed by atoms with Crippen molar-refractivity contribution in [2.24, 2.45) is 0 Å². The van der Waals surface area contributed by atoms with E-state index in [-0.39, 0.29) is 0 Å². The van der Waals surface area contributed by atoms with Gasteiger partial charge in [0.1, 0.15) is 12.4 Å². The average Bonchev–Trinajstić information content (AvgIpc) is 2.55. The molecular formula is C19H17NO. The zero-order chi connectivity index (χ0) is 14.5. The van der Waals surface area contributed by atoms with E-state index >= 15 is 0 Å². The van der Waals surface area contributed by atoms with E-state index in [1.54, 1.807) is 0 Å². The first-order valence-corrected chi connectivity index (χ1v) is 6.94. The van der Waals surface area contributed by atoms with Crippen molar-refractivity contribution >= 4 is 5.69 Å². The minimum atomic E-state index is 0.532. The fraction of sp³-hybridized carbons (Fsp3) is 0.0526. The van der Waals surface area contributed by atoms with Gasteiger partial charge in [0.05, 0.1) is 0 Å². The average molecular weight is 275 g/mol. The second kappa shape index (κ2) is 6.14. The van der Waals surface area contributed by atoms with Gasteiger partial charge in [0.2, 0.25) is 0 Å². The Bertz CT molecular complexity index is 708. The number of nitrogens with two attached hydrogens (primary N) is 1. The Kier molecular flexibility index (Phi) is 3.88. The highest BCUT2D eigenvalue weighted by molar-refractivity contribution is 5.72. The van der Waals surface area contributed by atoms with Gasteiger partial charge in [-0.3, -0.25) is 0 Å². The summed E-state index contributed by atoms with van der Waals surface area (Å²) in [5, 5.41) is 0. The van der Waals surface area contributed by atoms with E-state index in [1.165, 1.54) is 0 Å². The maximum Gasteiger partial charge on any atom is 0.129 e. The van der Waals surface area contributed by atoms with Gasteiger partial charge in [-0.05, 0) is 23.3 Å². The van der Waals surface area contributed by atoms with Gasteiger partial charge in [-0.2, -0.15) is 0 Å². The van der Waals surface area contributed by atoms with Crippen LogP contribution in [0, 0.1) is 0 Å². The summed E-state index contributed by atoms with van der Waals surface area (Å²) in [6, 6.07) is 26.1. The van der Waals surface area contributed by atoms with Gasteiger partial charge < -0.3 is 10.5 Å². The molecule has 0 aliphatic heterocycles. The molecule has 21 heavy (non-hydrogen) atoms. The normalized spacial score (nSPS) is 10.3. The number of hydrogen-bond donors (Lipinski definition) is 1. The lowest BCUT2D eigenvalue weighted by atomic mass is 10.0. The van der Waals surface area contributed by atoms with Gasteiger partial charge in [0.15, 0.2) is 0 Å². The lowest BCUT2D eigenvalue weighted by Gasteiger charge is -2.12. The van der Waals surface area contributed by atoms with Gasteiger partial charge in [-0.25, -0.2) is 0 Å². The summed E-state index contributed by atoms with van der Waals surface area (Å²) in [7, 11) is 0. The fourth-order valence-electron chi connectivity index (χ4n) is 2.25. The van der Waals surface area contributed by atoms with Crippen LogP contribution in [0.3, 0.4) is 0 Å². The number of nitrogen functional groups attached to an aromatic ring is 1. The van der Waals surface area contributed by atoms with E-state index in [4.69, 9.17) is 10.5 Å². The Labute approximate surface area is 124 Å². The smallest absolute Gasteiger partial charge is 0.129 e. The van der Waals surface area contributed by atoms with Crippen LogP contribution < -0.4 is 10.5 Å². The summed E-state index contributed by atoms with van der Waals surface area (Å²) in [4.78, 5) is 0. The second-order valence-electron chi connectivity index (χ2n) is 4.90. The maximum absolute atomic E-state index is 5.98. The standard InChI is InChI=1S/C19H17NO/c20-17-11-12-18(16-9-5-2-6-10-16)19(13-17)21-14-15-7-3-1-4-8-15/h1-13H,14,20H2. The van der Waals surface area contributed by atoms with Crippen molar-refractivity contribution in [2.75, 3.05) is 5.73 Å². The minimum absolute atomic E-state index is 0.532. The lowest BCUT2D eigenvalue weighted by Crippen LogP contribution is -1.98. The van der Waals surface area contributed by atoms with Crippen LogP contribution in [-0.4, -0.2) is 0 Å². The van der Waals surface area contributed by atoms with Crippen LogP contribution in [0.5, 0.6) is 5.75 Å². The van der Waals surface area contributed by atoms with E-state index in [2.05, 4.69) is 24.3 Å². The molecule has 2 heteroatoms. The molecule has 3 aromatic rings. The highest BCUT2D eigenvalue weighted by Gasteiger charge is 2.07. The maximum atomic E-state index is 5.98. The van der Waals surface area contributed by atoms with E-state index in [0.717, 1.165) is 22.4 Å². The summed E-state index contributed by atoms with van der Waals surface area (Å²) >= 11 is 0. The summed E-state index contributed by atoms with van der Waals surface area (Å²) < 4.78 is 5.98. The van der Waals surface area contributed by atoms with Gasteiger partial charge in [0, 0.05) is 17.3 Å². The largest absolute Gasteiger partial charge is 0.488 e. The van der Waals surface area contributed by atoms with Gasteiger partial charge in [-0.1, -0.05) is 60.7 Å². The van der Waals surface area contributed by atoms with Crippen molar-refractivity contribution in [3.05, 3.63) is 84.4 Å². The Morgan fingerprint density at radius 2 is 1.43 bits per heavy atom. The molecule has 0 saturated heterocycles. The number of hydrogen-bond acceptors (Lipinski definition) is 2. The quantitative estimate of drug-likeness (QED) is 0.711. The third-order valence-corrected chi connectivity index (χ3v) is 3.33. The molecule has 0 unspecified atom stereocenters. The first-order chi connectivity index (χ1) is 10.3. The third-order valence-electron chi connectivity index (χ3n) is 3.33. The number of anilines is 1. The molecule has 0 heterocycles. The first kappa shape index (κ1) is 13.3. The highest BCUT2D eigenvalue weighted by atomic mass is 16.5. The molecule has 0 atom stereocenters. The molecule has 0 aliphatic carbocycles. The zero-order valence-electron chi connectivity index (χ0n) is 11.7. The topological polar surface area (TPSA) is 35.2 Å². The van der Waals surface area contributed by atoms with Crippen LogP contribution in [-0.2, 0) is 6.61 Å². The third kappa shape index (κ3) is 3.23. The van der Waals surface area contributed by atoms with Crippen molar-refractivity contribution in [2.45, 2.75) is 6.61 Å². The summed E-state index contributed by atoms with van der Waals surface area (Å²) in [6.45, 7) is 0.532. The molecule has 0 aliphatic rings. The van der Waals surface area contributed by atoms with Crippen molar-refractivity contribution < 1.29 is 4.74 Å². The zero-order valence-corrected chi connectivity index (χ0v) is 11.7. The van der Waals surface area contributed by atoms with Crippen molar-refractivity contribution in [3.8, 4) is 16.9 Å². The molecule has 0 amide bonds. The summed E-state index contributed by atoms with van der Waals surface area (Å²) in [6.07, 6.45) is 0. The van der Waals surface area contributed by atoms with Crippen LogP contribution in [0.25, 0.3) is 11.1 Å². The molecule has 0 fully saturated rings. The van der Waals surface area contributed by atoms with Crippen molar-refractivity contribution in [1.29, 1.82) is 0 Å². The molecule has 3 rings (SSSR count). The number of benzene rings is 3. The molecule has 3 aromatic carbocycles. The first-order valence-electron chi connectivity index (χ1n) is 6.94. The SMILES string of the molecule is Nc1ccc(-c2ccccc2)c(OCc2ccccc2)c1. The van der Waals surface area contributed by atoms with Gasteiger partial charge >= 0.3 is 0 Å². The lowest BCUT2D eigenvalue weighted by molar-refractivity contribution is 0.307. The predicted molar refractivity (Wildman–Crippen MR) is 87.1 cm³/mol.